The number of aliphatic hydroxyl groups excluding tert-OH is 1. The fourth-order valence-electron chi connectivity index (χ4n) is 2.76. The molecule has 0 spiro atoms. The van der Waals surface area contributed by atoms with Gasteiger partial charge in [0.25, 0.3) is 0 Å². The zero-order valence-electron chi connectivity index (χ0n) is 14.0. The molecule has 23 heavy (non-hydrogen) atoms. The number of benzene rings is 1. The van der Waals surface area contributed by atoms with Gasteiger partial charge in [0.2, 0.25) is 0 Å². The molecule has 1 atom stereocenters. The highest BCUT2D eigenvalue weighted by molar-refractivity contribution is 5.27. The van der Waals surface area contributed by atoms with Crippen LogP contribution in [0.4, 0.5) is 0 Å². The number of hydrogen-bond acceptors (Lipinski definition) is 5. The lowest BCUT2D eigenvalue weighted by molar-refractivity contribution is 0.0142. The van der Waals surface area contributed by atoms with Gasteiger partial charge in [-0.3, -0.25) is 9.80 Å². The number of β-amino-alcohol motifs (C(OH)–C–C–N with tert-alkyl or cyclic N) is 1. The highest BCUT2D eigenvalue weighted by Gasteiger charge is 2.19. The first kappa shape index (κ1) is 17.9. The number of hydrogen-bond donors (Lipinski definition) is 1. The van der Waals surface area contributed by atoms with Crippen molar-refractivity contribution in [1.29, 1.82) is 0 Å². The topological polar surface area (TPSA) is 45.2 Å². The second-order valence-corrected chi connectivity index (χ2v) is 5.90. The van der Waals surface area contributed by atoms with Crippen LogP contribution in [-0.4, -0.2) is 74.1 Å². The molecule has 1 heterocycles. The normalized spacial score (nSPS) is 17.8. The molecule has 1 unspecified atom stereocenters. The van der Waals surface area contributed by atoms with Crippen molar-refractivity contribution in [2.75, 3.05) is 53.0 Å². The second-order valence-electron chi connectivity index (χ2n) is 5.90. The molecule has 1 aliphatic rings. The van der Waals surface area contributed by atoms with Crippen molar-refractivity contribution in [3.05, 3.63) is 42.5 Å². The van der Waals surface area contributed by atoms with E-state index in [1.54, 1.807) is 13.2 Å². The van der Waals surface area contributed by atoms with Crippen LogP contribution in [-0.2, 0) is 11.3 Å². The van der Waals surface area contributed by atoms with E-state index in [1.807, 2.05) is 12.1 Å². The zero-order chi connectivity index (χ0) is 16.5. The summed E-state index contributed by atoms with van der Waals surface area (Å²) in [4.78, 5) is 4.74. The molecule has 0 aromatic heterocycles. The van der Waals surface area contributed by atoms with E-state index in [0.29, 0.717) is 19.8 Å². The molecule has 0 bridgehead atoms. The molecule has 0 aliphatic carbocycles. The van der Waals surface area contributed by atoms with Crippen LogP contribution in [0, 0.1) is 0 Å². The molecule has 5 nitrogen and oxygen atoms in total. The van der Waals surface area contributed by atoms with E-state index in [4.69, 9.17) is 9.47 Å². The lowest BCUT2D eigenvalue weighted by atomic mass is 10.2. The molecule has 1 N–H and O–H groups in total. The Hall–Kier alpha value is -1.40. The van der Waals surface area contributed by atoms with E-state index in [-0.39, 0.29) is 0 Å². The van der Waals surface area contributed by atoms with Gasteiger partial charge in [-0.15, -0.1) is 6.58 Å². The average molecular weight is 320 g/mol. The smallest absolute Gasteiger partial charge is 0.118 e. The van der Waals surface area contributed by atoms with E-state index >= 15 is 0 Å². The standard InChI is InChI=1S/C18H28N2O3/c1-3-12-23-15-17(21)14-20-10-8-19(9-11-20)13-16-4-6-18(22-2)7-5-16/h3-7,17,21H,1,8-15H2,2H3. The van der Waals surface area contributed by atoms with E-state index < -0.39 is 6.10 Å². The maximum Gasteiger partial charge on any atom is 0.118 e. The number of piperazine rings is 1. The lowest BCUT2D eigenvalue weighted by Crippen LogP contribution is -2.48. The van der Waals surface area contributed by atoms with Gasteiger partial charge in [0.1, 0.15) is 5.75 Å². The Kier molecular flexibility index (Phi) is 7.55. The second kappa shape index (κ2) is 9.67. The monoisotopic (exact) mass is 320 g/mol. The minimum atomic E-state index is -0.428. The Balaban J connectivity index is 1.67. The summed E-state index contributed by atoms with van der Waals surface area (Å²) in [6.07, 6.45) is 1.27. The Morgan fingerprint density at radius 1 is 1.17 bits per heavy atom. The first-order valence-electron chi connectivity index (χ1n) is 8.15. The van der Waals surface area contributed by atoms with Crippen molar-refractivity contribution in [2.45, 2.75) is 12.6 Å². The van der Waals surface area contributed by atoms with Gasteiger partial charge < -0.3 is 14.6 Å². The number of methoxy groups -OCH3 is 1. The molecule has 0 amide bonds. The van der Waals surface area contributed by atoms with Gasteiger partial charge in [-0.25, -0.2) is 0 Å². The van der Waals surface area contributed by atoms with Gasteiger partial charge in [0, 0.05) is 39.3 Å². The van der Waals surface area contributed by atoms with E-state index in [9.17, 15) is 5.11 Å². The maximum atomic E-state index is 9.95. The molecular formula is C18H28N2O3. The zero-order valence-corrected chi connectivity index (χ0v) is 14.0. The molecule has 0 radical (unpaired) electrons. The average Bonchev–Trinajstić information content (AvgIpc) is 2.57. The van der Waals surface area contributed by atoms with Crippen LogP contribution >= 0.6 is 0 Å². The van der Waals surface area contributed by atoms with Crippen LogP contribution in [0.1, 0.15) is 5.56 Å². The van der Waals surface area contributed by atoms with Crippen LogP contribution in [0.25, 0.3) is 0 Å². The molecule has 1 aromatic carbocycles. The van der Waals surface area contributed by atoms with Gasteiger partial charge >= 0.3 is 0 Å². The molecule has 128 valence electrons. The highest BCUT2D eigenvalue weighted by atomic mass is 16.5. The lowest BCUT2D eigenvalue weighted by Gasteiger charge is -2.35. The SMILES string of the molecule is C=CCOCC(O)CN1CCN(Cc2ccc(OC)cc2)CC1. The quantitative estimate of drug-likeness (QED) is 0.550. The summed E-state index contributed by atoms with van der Waals surface area (Å²) >= 11 is 0. The molecular weight excluding hydrogens is 292 g/mol. The predicted molar refractivity (Wildman–Crippen MR) is 91.7 cm³/mol. The van der Waals surface area contributed by atoms with E-state index in [0.717, 1.165) is 38.5 Å². The molecule has 2 rings (SSSR count). The van der Waals surface area contributed by atoms with Crippen LogP contribution < -0.4 is 4.74 Å². The Morgan fingerprint density at radius 3 is 2.43 bits per heavy atom. The van der Waals surface area contributed by atoms with E-state index in [1.165, 1.54) is 5.56 Å². The third-order valence-corrected chi connectivity index (χ3v) is 4.05. The summed E-state index contributed by atoms with van der Waals surface area (Å²) in [5.41, 5.74) is 1.30. The summed E-state index contributed by atoms with van der Waals surface area (Å²) in [6, 6.07) is 8.24. The van der Waals surface area contributed by atoms with Crippen LogP contribution in [0.15, 0.2) is 36.9 Å². The van der Waals surface area contributed by atoms with Gasteiger partial charge in [-0.1, -0.05) is 18.2 Å². The van der Waals surface area contributed by atoms with Gasteiger partial charge in [0.15, 0.2) is 0 Å². The summed E-state index contributed by atoms with van der Waals surface area (Å²) in [5.74, 6) is 0.895. The van der Waals surface area contributed by atoms with Crippen LogP contribution in [0.3, 0.4) is 0 Å². The largest absolute Gasteiger partial charge is 0.497 e. The van der Waals surface area contributed by atoms with Crippen molar-refractivity contribution in [3.8, 4) is 5.75 Å². The van der Waals surface area contributed by atoms with E-state index in [2.05, 4.69) is 28.5 Å². The molecule has 5 heteroatoms. The third kappa shape index (κ3) is 6.31. The Morgan fingerprint density at radius 2 is 1.83 bits per heavy atom. The van der Waals surface area contributed by atoms with Crippen molar-refractivity contribution in [3.63, 3.8) is 0 Å². The molecule has 1 aliphatic heterocycles. The number of ether oxygens (including phenoxy) is 2. The number of nitrogens with zero attached hydrogens (tertiary/aromatic N) is 2. The Bertz CT molecular complexity index is 456. The van der Waals surface area contributed by atoms with Crippen molar-refractivity contribution < 1.29 is 14.6 Å². The third-order valence-electron chi connectivity index (χ3n) is 4.05. The van der Waals surface area contributed by atoms with Crippen molar-refractivity contribution in [1.82, 2.24) is 9.80 Å². The first-order valence-corrected chi connectivity index (χ1v) is 8.15. The van der Waals surface area contributed by atoms with Gasteiger partial charge in [0.05, 0.1) is 26.4 Å². The number of aliphatic hydroxyl groups is 1. The predicted octanol–water partition coefficient (Wildman–Crippen LogP) is 1.38. The molecule has 1 saturated heterocycles. The van der Waals surface area contributed by atoms with Crippen LogP contribution in [0.5, 0.6) is 5.75 Å². The molecule has 1 aromatic rings. The van der Waals surface area contributed by atoms with Crippen LogP contribution in [0.2, 0.25) is 0 Å². The van der Waals surface area contributed by atoms with Crippen molar-refractivity contribution in [2.24, 2.45) is 0 Å². The maximum absolute atomic E-state index is 9.95. The van der Waals surface area contributed by atoms with Gasteiger partial charge in [-0.05, 0) is 17.7 Å². The van der Waals surface area contributed by atoms with Crippen molar-refractivity contribution >= 4 is 0 Å². The molecule has 1 fully saturated rings. The first-order chi connectivity index (χ1) is 11.2. The summed E-state index contributed by atoms with van der Waals surface area (Å²) in [6.45, 7) is 10.1. The Labute approximate surface area is 139 Å². The fraction of sp³-hybridized carbons (Fsp3) is 0.556. The highest BCUT2D eigenvalue weighted by Crippen LogP contribution is 2.14. The molecule has 0 saturated carbocycles. The van der Waals surface area contributed by atoms with Gasteiger partial charge in [-0.2, -0.15) is 0 Å². The summed E-state index contributed by atoms with van der Waals surface area (Å²) in [7, 11) is 1.69. The summed E-state index contributed by atoms with van der Waals surface area (Å²) in [5, 5.41) is 9.95. The fourth-order valence-corrected chi connectivity index (χ4v) is 2.76. The summed E-state index contributed by atoms with van der Waals surface area (Å²) < 4.78 is 10.5. The minimum absolute atomic E-state index is 0.373. The number of rotatable bonds is 9. The minimum Gasteiger partial charge on any atom is -0.497 e.